The van der Waals surface area contributed by atoms with Crippen LogP contribution in [0.5, 0.6) is 5.75 Å². The highest BCUT2D eigenvalue weighted by atomic mass is 79.9. The number of ether oxygens (including phenoxy) is 1. The molecule has 1 saturated heterocycles. The summed E-state index contributed by atoms with van der Waals surface area (Å²) in [5.41, 5.74) is 2.90. The van der Waals surface area contributed by atoms with E-state index in [1.165, 1.54) is 18.2 Å². The SMILES string of the molecule is C[C@@H]1CCCC[C@@H]1N1C(=O)/C(=C/c2ccc(OCc3ccc(Br)cc3)c(Br)c2)SC1=Nc1ccccc1. The third kappa shape index (κ3) is 6.39. The average Bonchev–Trinajstić information content (AvgIpc) is 3.19. The number of thioether (sulfide) groups is 1. The van der Waals surface area contributed by atoms with Crippen LogP contribution in [0.3, 0.4) is 0 Å². The average molecular weight is 640 g/mol. The summed E-state index contributed by atoms with van der Waals surface area (Å²) in [7, 11) is 0. The fourth-order valence-corrected chi connectivity index (χ4v) is 6.59. The number of carbonyl (C=O) groups is 1. The van der Waals surface area contributed by atoms with Gasteiger partial charge in [0.05, 0.1) is 15.1 Å². The molecule has 1 amide bonds. The molecule has 3 aromatic carbocycles. The third-order valence-electron chi connectivity index (χ3n) is 6.78. The molecule has 5 rings (SSSR count). The minimum atomic E-state index is 0.0464. The maximum absolute atomic E-state index is 13.7. The van der Waals surface area contributed by atoms with Gasteiger partial charge in [-0.25, -0.2) is 4.99 Å². The highest BCUT2D eigenvalue weighted by Crippen LogP contribution is 2.40. The number of hydrogen-bond donors (Lipinski definition) is 0. The van der Waals surface area contributed by atoms with Gasteiger partial charge in [-0.05, 0) is 100 Å². The Morgan fingerprint density at radius 1 is 1.03 bits per heavy atom. The molecule has 7 heteroatoms. The van der Waals surface area contributed by atoms with Gasteiger partial charge < -0.3 is 4.74 Å². The summed E-state index contributed by atoms with van der Waals surface area (Å²) in [6.45, 7) is 2.74. The molecule has 2 atom stereocenters. The van der Waals surface area contributed by atoms with E-state index in [1.54, 1.807) is 0 Å². The summed E-state index contributed by atoms with van der Waals surface area (Å²) in [5.74, 6) is 1.26. The molecular formula is C30H28Br2N2O2S. The number of amides is 1. The van der Waals surface area contributed by atoms with E-state index in [0.717, 1.165) is 55.9 Å². The van der Waals surface area contributed by atoms with E-state index in [1.807, 2.05) is 83.8 Å². The monoisotopic (exact) mass is 638 g/mol. The molecule has 1 saturated carbocycles. The normalized spacial score (nSPS) is 22.1. The molecule has 4 nitrogen and oxygen atoms in total. The molecule has 0 N–H and O–H groups in total. The van der Waals surface area contributed by atoms with Gasteiger partial charge in [-0.2, -0.15) is 0 Å². The molecule has 190 valence electrons. The maximum Gasteiger partial charge on any atom is 0.267 e. The van der Waals surface area contributed by atoms with Crippen LogP contribution >= 0.6 is 43.6 Å². The quantitative estimate of drug-likeness (QED) is 0.253. The van der Waals surface area contributed by atoms with Gasteiger partial charge in [0.1, 0.15) is 12.4 Å². The van der Waals surface area contributed by atoms with E-state index in [4.69, 9.17) is 9.73 Å². The minimum Gasteiger partial charge on any atom is -0.488 e. The van der Waals surface area contributed by atoms with Crippen molar-refractivity contribution in [3.63, 3.8) is 0 Å². The van der Waals surface area contributed by atoms with Crippen molar-refractivity contribution in [1.29, 1.82) is 0 Å². The molecule has 0 radical (unpaired) electrons. The van der Waals surface area contributed by atoms with Crippen molar-refractivity contribution >= 4 is 66.5 Å². The number of nitrogens with zero attached hydrogens (tertiary/aromatic N) is 2. The summed E-state index contributed by atoms with van der Waals surface area (Å²) >= 11 is 8.58. The number of hydrogen-bond acceptors (Lipinski definition) is 4. The van der Waals surface area contributed by atoms with E-state index in [0.29, 0.717) is 17.4 Å². The third-order valence-corrected chi connectivity index (χ3v) is 8.91. The summed E-state index contributed by atoms with van der Waals surface area (Å²) in [5, 5.41) is 0.773. The van der Waals surface area contributed by atoms with Crippen LogP contribution in [0.1, 0.15) is 43.7 Å². The van der Waals surface area contributed by atoms with Gasteiger partial charge >= 0.3 is 0 Å². The number of para-hydroxylation sites is 1. The Balaban J connectivity index is 1.38. The Morgan fingerprint density at radius 3 is 2.51 bits per heavy atom. The predicted octanol–water partition coefficient (Wildman–Crippen LogP) is 8.97. The number of rotatable bonds is 6. The van der Waals surface area contributed by atoms with E-state index in [-0.39, 0.29) is 11.9 Å². The van der Waals surface area contributed by atoms with Crippen LogP contribution in [-0.2, 0) is 11.4 Å². The van der Waals surface area contributed by atoms with Crippen molar-refractivity contribution in [2.75, 3.05) is 0 Å². The van der Waals surface area contributed by atoms with Crippen molar-refractivity contribution in [2.45, 2.75) is 45.3 Å². The summed E-state index contributed by atoms with van der Waals surface area (Å²) in [6, 6.07) is 24.1. The van der Waals surface area contributed by atoms with Crippen LogP contribution in [0.25, 0.3) is 6.08 Å². The van der Waals surface area contributed by atoms with Crippen LogP contribution in [0.4, 0.5) is 5.69 Å². The number of carbonyl (C=O) groups excluding carboxylic acids is 1. The lowest BCUT2D eigenvalue weighted by molar-refractivity contribution is -0.124. The van der Waals surface area contributed by atoms with Crippen LogP contribution in [0, 0.1) is 5.92 Å². The Bertz CT molecular complexity index is 1330. The maximum atomic E-state index is 13.7. The van der Waals surface area contributed by atoms with E-state index < -0.39 is 0 Å². The number of amidine groups is 1. The Morgan fingerprint density at radius 2 is 1.78 bits per heavy atom. The second-order valence-electron chi connectivity index (χ2n) is 9.45. The molecule has 0 spiro atoms. The van der Waals surface area contributed by atoms with Crippen molar-refractivity contribution in [1.82, 2.24) is 4.90 Å². The minimum absolute atomic E-state index is 0.0464. The van der Waals surface area contributed by atoms with Gasteiger partial charge in [0.2, 0.25) is 0 Å². The molecule has 1 aliphatic carbocycles. The zero-order valence-electron chi connectivity index (χ0n) is 20.6. The lowest BCUT2D eigenvalue weighted by Crippen LogP contribution is -2.44. The highest BCUT2D eigenvalue weighted by Gasteiger charge is 2.41. The number of aliphatic imine (C=N–C) groups is 1. The number of halogens is 2. The zero-order valence-corrected chi connectivity index (χ0v) is 24.6. The Kier molecular flexibility index (Phi) is 8.53. The zero-order chi connectivity index (χ0) is 25.8. The molecule has 0 unspecified atom stereocenters. The fraction of sp³-hybridized carbons (Fsp3) is 0.267. The number of benzene rings is 3. The molecule has 37 heavy (non-hydrogen) atoms. The van der Waals surface area contributed by atoms with Crippen LogP contribution in [0.15, 0.2) is 91.6 Å². The first-order valence-corrected chi connectivity index (χ1v) is 14.9. The first-order valence-electron chi connectivity index (χ1n) is 12.5. The molecular weight excluding hydrogens is 612 g/mol. The van der Waals surface area contributed by atoms with Gasteiger partial charge in [-0.1, -0.05) is 72.1 Å². The van der Waals surface area contributed by atoms with Gasteiger partial charge in [0.15, 0.2) is 5.17 Å². The fourth-order valence-electron chi connectivity index (χ4n) is 4.77. The van der Waals surface area contributed by atoms with Crippen molar-refractivity contribution in [3.8, 4) is 5.75 Å². The topological polar surface area (TPSA) is 41.9 Å². The first kappa shape index (κ1) is 26.3. The lowest BCUT2D eigenvalue weighted by Gasteiger charge is -2.35. The highest BCUT2D eigenvalue weighted by molar-refractivity contribution is 9.10. The van der Waals surface area contributed by atoms with Crippen molar-refractivity contribution in [2.24, 2.45) is 10.9 Å². The van der Waals surface area contributed by atoms with Crippen LogP contribution in [-0.4, -0.2) is 22.0 Å². The van der Waals surface area contributed by atoms with Gasteiger partial charge in [-0.15, -0.1) is 0 Å². The first-order chi connectivity index (χ1) is 18.0. The van der Waals surface area contributed by atoms with E-state index >= 15 is 0 Å². The summed E-state index contributed by atoms with van der Waals surface area (Å²) in [4.78, 5) is 21.3. The Hall–Kier alpha value is -2.35. The van der Waals surface area contributed by atoms with E-state index in [9.17, 15) is 4.79 Å². The van der Waals surface area contributed by atoms with E-state index in [2.05, 4.69) is 38.8 Å². The molecule has 0 bridgehead atoms. The summed E-state index contributed by atoms with van der Waals surface area (Å²) in [6.07, 6.45) is 6.50. The lowest BCUT2D eigenvalue weighted by atomic mass is 9.85. The Labute approximate surface area is 239 Å². The molecule has 3 aromatic rings. The molecule has 2 fully saturated rings. The largest absolute Gasteiger partial charge is 0.488 e. The van der Waals surface area contributed by atoms with Gasteiger partial charge in [0.25, 0.3) is 5.91 Å². The smallest absolute Gasteiger partial charge is 0.267 e. The second-order valence-corrected chi connectivity index (χ2v) is 12.2. The standard InChI is InChI=1S/C30H28Br2N2O2S/c1-20-7-5-6-10-26(20)34-29(35)28(37-30(34)33-24-8-3-2-4-9-24)18-22-13-16-27(25(32)17-22)36-19-21-11-14-23(31)15-12-21/h2-4,8-9,11-18,20,26H,5-7,10,19H2,1H3/b28-18-,33-30?/t20-,26+/m1/s1. The predicted molar refractivity (Wildman–Crippen MR) is 160 cm³/mol. The van der Waals surface area contributed by atoms with Crippen molar-refractivity contribution < 1.29 is 9.53 Å². The van der Waals surface area contributed by atoms with Crippen LogP contribution in [0.2, 0.25) is 0 Å². The molecule has 1 aliphatic heterocycles. The van der Waals surface area contributed by atoms with Gasteiger partial charge in [0, 0.05) is 10.5 Å². The van der Waals surface area contributed by atoms with Gasteiger partial charge in [-0.3, -0.25) is 9.69 Å². The summed E-state index contributed by atoms with van der Waals surface area (Å²) < 4.78 is 7.91. The molecule has 2 aliphatic rings. The molecule has 1 heterocycles. The second kappa shape index (κ2) is 12.0. The molecule has 0 aromatic heterocycles. The van der Waals surface area contributed by atoms with Crippen LogP contribution < -0.4 is 4.74 Å². The van der Waals surface area contributed by atoms with Crippen molar-refractivity contribution in [3.05, 3.63) is 97.8 Å².